The number of benzene rings is 1. The average Bonchev–Trinajstić information content (AvgIpc) is 2.61. The van der Waals surface area contributed by atoms with Crippen molar-refractivity contribution >= 4 is 5.91 Å². The minimum absolute atomic E-state index is 0.0831. The van der Waals surface area contributed by atoms with Crippen LogP contribution >= 0.6 is 0 Å². The molecule has 1 heterocycles. The smallest absolute Gasteiger partial charge is 0.266 e. The summed E-state index contributed by atoms with van der Waals surface area (Å²) in [4.78, 5) is 28.7. The van der Waals surface area contributed by atoms with E-state index in [2.05, 4.69) is 10.3 Å². The molecule has 6 nitrogen and oxygen atoms in total. The molecule has 2 N–H and O–H groups in total. The number of carbonyl (C=O) groups excluding carboxylic acids is 1. The molecular weight excluding hydrogens is 359 g/mol. The lowest BCUT2D eigenvalue weighted by atomic mass is 9.99. The van der Waals surface area contributed by atoms with Crippen LogP contribution in [0.1, 0.15) is 40.4 Å². The number of hydrogen-bond donors (Lipinski definition) is 2. The van der Waals surface area contributed by atoms with Gasteiger partial charge in [-0.1, -0.05) is 12.1 Å². The van der Waals surface area contributed by atoms with Crippen LogP contribution in [0.3, 0.4) is 0 Å². The number of aryl methyl sites for hydroxylation is 1. The van der Waals surface area contributed by atoms with Gasteiger partial charge in [0.2, 0.25) is 5.91 Å². The first-order chi connectivity index (χ1) is 13.2. The molecule has 7 heteroatoms. The largest absolute Gasteiger partial charge is 0.354 e. The molecule has 1 aromatic heterocycles. The van der Waals surface area contributed by atoms with Crippen LogP contribution in [0.4, 0.5) is 4.39 Å². The van der Waals surface area contributed by atoms with Crippen LogP contribution in [0.2, 0.25) is 0 Å². The molecule has 0 fully saturated rings. The fraction of sp³-hybridized carbons (Fsp3) is 0.381. The van der Waals surface area contributed by atoms with Gasteiger partial charge in [-0.05, 0) is 63.2 Å². The van der Waals surface area contributed by atoms with E-state index in [1.54, 1.807) is 19.9 Å². The zero-order chi connectivity index (χ0) is 20.8. The van der Waals surface area contributed by atoms with Crippen molar-refractivity contribution in [2.75, 3.05) is 20.6 Å². The van der Waals surface area contributed by atoms with E-state index >= 15 is 0 Å². The molecule has 0 radical (unpaired) electrons. The summed E-state index contributed by atoms with van der Waals surface area (Å²) in [7, 11) is 3.75. The van der Waals surface area contributed by atoms with Gasteiger partial charge in [0.25, 0.3) is 5.56 Å². The van der Waals surface area contributed by atoms with Gasteiger partial charge in [-0.3, -0.25) is 9.59 Å². The summed E-state index contributed by atoms with van der Waals surface area (Å²) in [6.45, 7) is 3.83. The van der Waals surface area contributed by atoms with Gasteiger partial charge in [-0.25, -0.2) is 4.39 Å². The number of aromatic amines is 1. The van der Waals surface area contributed by atoms with Crippen molar-refractivity contribution < 1.29 is 9.18 Å². The third kappa shape index (κ3) is 5.05. The summed E-state index contributed by atoms with van der Waals surface area (Å²) in [6, 6.07) is 8.10. The Morgan fingerprint density at radius 2 is 2.07 bits per heavy atom. The summed E-state index contributed by atoms with van der Waals surface area (Å²) >= 11 is 0. The summed E-state index contributed by atoms with van der Waals surface area (Å²) in [5.41, 5.74) is 2.55. The van der Waals surface area contributed by atoms with Gasteiger partial charge < -0.3 is 15.2 Å². The Morgan fingerprint density at radius 1 is 1.36 bits per heavy atom. The first-order valence-corrected chi connectivity index (χ1v) is 9.05. The maximum atomic E-state index is 13.5. The van der Waals surface area contributed by atoms with Gasteiger partial charge in [-0.2, -0.15) is 5.26 Å². The number of nitrogens with zero attached hydrogens (tertiary/aromatic N) is 2. The second kappa shape index (κ2) is 9.29. The maximum Gasteiger partial charge on any atom is 0.266 e. The number of carbonyl (C=O) groups is 1. The van der Waals surface area contributed by atoms with Crippen LogP contribution < -0.4 is 10.9 Å². The number of nitriles is 1. The number of likely N-dealkylation sites (N-methyl/N-ethyl adjacent to an activating group) is 1. The van der Waals surface area contributed by atoms with Crippen molar-refractivity contribution in [2.45, 2.75) is 32.7 Å². The molecule has 1 amide bonds. The van der Waals surface area contributed by atoms with E-state index in [0.717, 1.165) is 11.1 Å². The van der Waals surface area contributed by atoms with Gasteiger partial charge in [0.1, 0.15) is 17.4 Å². The van der Waals surface area contributed by atoms with E-state index in [-0.39, 0.29) is 29.8 Å². The van der Waals surface area contributed by atoms with E-state index in [1.165, 1.54) is 12.1 Å². The molecule has 28 heavy (non-hydrogen) atoms. The molecule has 0 unspecified atom stereocenters. The highest BCUT2D eigenvalue weighted by Gasteiger charge is 2.17. The number of nitrogens with one attached hydrogen (secondary N) is 2. The van der Waals surface area contributed by atoms with Gasteiger partial charge in [0.05, 0.1) is 6.04 Å². The third-order valence-electron chi connectivity index (χ3n) is 4.87. The van der Waals surface area contributed by atoms with Crippen LogP contribution in [0.25, 0.3) is 0 Å². The standard InChI is InChI=1S/C21H25FN4O2/c1-13-17(14(2)25-21(28)18(13)11-23)8-9-20(27)24-12-19(26(3)4)15-6-5-7-16(22)10-15/h5-7,10,19H,8-9,12H2,1-4H3,(H,24,27)(H,25,28)/t19-/m0/s1. The minimum atomic E-state index is -0.408. The number of aromatic nitrogens is 1. The summed E-state index contributed by atoms with van der Waals surface area (Å²) in [5.74, 6) is -0.459. The lowest BCUT2D eigenvalue weighted by Crippen LogP contribution is -2.34. The molecule has 0 bridgehead atoms. The number of pyridine rings is 1. The predicted octanol–water partition coefficient (Wildman–Crippen LogP) is 2.35. The first-order valence-electron chi connectivity index (χ1n) is 9.05. The second-order valence-electron chi connectivity index (χ2n) is 7.01. The molecule has 2 aromatic rings. The Bertz CT molecular complexity index is 960. The maximum absolute atomic E-state index is 13.5. The lowest BCUT2D eigenvalue weighted by Gasteiger charge is -2.25. The van der Waals surface area contributed by atoms with E-state index in [0.29, 0.717) is 24.2 Å². The van der Waals surface area contributed by atoms with Crippen molar-refractivity contribution in [2.24, 2.45) is 0 Å². The quantitative estimate of drug-likeness (QED) is 0.767. The van der Waals surface area contributed by atoms with Crippen LogP contribution in [0, 0.1) is 31.0 Å². The van der Waals surface area contributed by atoms with Gasteiger partial charge in [-0.15, -0.1) is 0 Å². The molecule has 0 aliphatic carbocycles. The monoisotopic (exact) mass is 384 g/mol. The number of halogens is 1. The molecular formula is C21H25FN4O2. The van der Waals surface area contributed by atoms with Crippen LogP contribution in [-0.4, -0.2) is 36.4 Å². The average molecular weight is 384 g/mol. The van der Waals surface area contributed by atoms with E-state index < -0.39 is 5.56 Å². The topological polar surface area (TPSA) is 89.0 Å². The molecule has 148 valence electrons. The van der Waals surface area contributed by atoms with Gasteiger partial charge in [0, 0.05) is 18.7 Å². The van der Waals surface area contributed by atoms with E-state index in [1.807, 2.05) is 31.1 Å². The molecule has 0 saturated heterocycles. The first kappa shape index (κ1) is 21.3. The van der Waals surface area contributed by atoms with E-state index in [4.69, 9.17) is 5.26 Å². The van der Waals surface area contributed by atoms with Crippen LogP contribution in [-0.2, 0) is 11.2 Å². The van der Waals surface area contributed by atoms with Crippen molar-refractivity contribution in [3.8, 4) is 6.07 Å². The molecule has 0 spiro atoms. The van der Waals surface area contributed by atoms with Crippen molar-refractivity contribution in [3.05, 3.63) is 68.4 Å². The number of hydrogen-bond acceptors (Lipinski definition) is 4. The molecule has 2 rings (SSSR count). The Balaban J connectivity index is 2.03. The molecule has 0 aliphatic rings. The highest BCUT2D eigenvalue weighted by atomic mass is 19.1. The molecule has 0 saturated carbocycles. The predicted molar refractivity (Wildman–Crippen MR) is 105 cm³/mol. The lowest BCUT2D eigenvalue weighted by molar-refractivity contribution is -0.121. The zero-order valence-electron chi connectivity index (χ0n) is 16.6. The second-order valence-corrected chi connectivity index (χ2v) is 7.01. The zero-order valence-corrected chi connectivity index (χ0v) is 16.6. The SMILES string of the molecule is Cc1[nH]c(=O)c(C#N)c(C)c1CCC(=O)NC[C@@H](c1cccc(F)c1)N(C)C. The number of rotatable bonds is 7. The fourth-order valence-corrected chi connectivity index (χ4v) is 3.27. The Kier molecular flexibility index (Phi) is 7.07. The highest BCUT2D eigenvalue weighted by molar-refractivity contribution is 5.76. The normalized spacial score (nSPS) is 11.9. The Morgan fingerprint density at radius 3 is 2.68 bits per heavy atom. The number of H-pyrrole nitrogens is 1. The molecule has 1 aromatic carbocycles. The van der Waals surface area contributed by atoms with Gasteiger partial charge >= 0.3 is 0 Å². The Labute approximate surface area is 164 Å². The molecule has 1 atom stereocenters. The van der Waals surface area contributed by atoms with Crippen molar-refractivity contribution in [3.63, 3.8) is 0 Å². The minimum Gasteiger partial charge on any atom is -0.354 e. The Hall–Kier alpha value is -2.98. The van der Waals surface area contributed by atoms with E-state index in [9.17, 15) is 14.0 Å². The summed E-state index contributed by atoms with van der Waals surface area (Å²) in [6.07, 6.45) is 0.642. The summed E-state index contributed by atoms with van der Waals surface area (Å²) < 4.78 is 13.5. The van der Waals surface area contributed by atoms with Crippen molar-refractivity contribution in [1.82, 2.24) is 15.2 Å². The third-order valence-corrected chi connectivity index (χ3v) is 4.87. The molecule has 0 aliphatic heterocycles. The highest BCUT2D eigenvalue weighted by Crippen LogP contribution is 2.19. The van der Waals surface area contributed by atoms with Gasteiger partial charge in [0.15, 0.2) is 0 Å². The van der Waals surface area contributed by atoms with Crippen LogP contribution in [0.5, 0.6) is 0 Å². The fourth-order valence-electron chi connectivity index (χ4n) is 3.27. The number of amides is 1. The van der Waals surface area contributed by atoms with Crippen LogP contribution in [0.15, 0.2) is 29.1 Å². The van der Waals surface area contributed by atoms with Crippen molar-refractivity contribution in [1.29, 1.82) is 5.26 Å². The summed E-state index contributed by atoms with van der Waals surface area (Å²) in [5, 5.41) is 12.0.